The van der Waals surface area contributed by atoms with Gasteiger partial charge < -0.3 is 48.5 Å². The molecule has 0 aromatic heterocycles. The topological polar surface area (TPSA) is 301 Å². The fourth-order valence-corrected chi connectivity index (χ4v) is 12.9. The van der Waals surface area contributed by atoms with Crippen molar-refractivity contribution in [2.24, 2.45) is 17.2 Å². The SMILES string of the molecule is CCCCC[C@H](NC(=O)[C@@H](N)Cc1ccccc1)C(=O)O.CCc1ccc(C(NCCCC[C@H](NC(=O)[C@@H](N)Cc2ccccc2)C(=O)O)(c2ccccc2)c2ccccc2)cc1.CCc1ccc(C(NCCCC[C@H](NC(=O)[C@@H](N)Cc2ccccc2)C(=O)O)(c2ccccc2)c2ccccc2)cc1. The first-order chi connectivity index (χ1) is 50.9. The zero-order chi connectivity index (χ0) is 75.2. The van der Waals surface area contributed by atoms with Gasteiger partial charge in [-0.25, -0.2) is 14.4 Å². The molecule has 9 aromatic rings. The van der Waals surface area contributed by atoms with Gasteiger partial charge in [-0.05, 0) is 151 Å². The fraction of sp³-hybridized carbons (Fsp3) is 0.318. The Labute approximate surface area is 619 Å². The molecule has 3 amide bonds. The highest BCUT2D eigenvalue weighted by atomic mass is 16.4. The second kappa shape index (κ2) is 43.6. The number of carbonyl (C=O) groups is 6. The number of carboxylic acid groups (broad SMARTS) is 3. The minimum atomic E-state index is -1.05. The molecule has 14 N–H and O–H groups in total. The van der Waals surface area contributed by atoms with E-state index >= 15 is 0 Å². The van der Waals surface area contributed by atoms with Crippen LogP contribution < -0.4 is 43.8 Å². The lowest BCUT2D eigenvalue weighted by Crippen LogP contribution is -2.49. The van der Waals surface area contributed by atoms with Crippen LogP contribution in [0.1, 0.15) is 146 Å². The Morgan fingerprint density at radius 3 is 0.762 bits per heavy atom. The number of unbranched alkanes of at least 4 members (excludes halogenated alkanes) is 4. The third-order valence-electron chi connectivity index (χ3n) is 18.9. The monoisotopic (exact) mass is 1420 g/mol. The molecule has 0 unspecified atom stereocenters. The molecule has 6 atom stereocenters. The molecule has 9 aromatic carbocycles. The van der Waals surface area contributed by atoms with Crippen LogP contribution in [0, 0.1) is 0 Å². The van der Waals surface area contributed by atoms with Crippen molar-refractivity contribution in [3.8, 4) is 0 Å². The van der Waals surface area contributed by atoms with Gasteiger partial charge in [0, 0.05) is 0 Å². The Kier molecular flexibility index (Phi) is 34.0. The van der Waals surface area contributed by atoms with E-state index in [1.54, 1.807) is 0 Å². The highest BCUT2D eigenvalue weighted by Gasteiger charge is 2.38. The molecular weight excluding hydrogens is 1310 g/mol. The summed E-state index contributed by atoms with van der Waals surface area (Å²) in [7, 11) is 0. The summed E-state index contributed by atoms with van der Waals surface area (Å²) in [4.78, 5) is 72.5. The third-order valence-corrected chi connectivity index (χ3v) is 18.9. The number of amides is 3. The number of hydrogen-bond acceptors (Lipinski definition) is 11. The Morgan fingerprint density at radius 2 is 0.533 bits per heavy atom. The summed E-state index contributed by atoms with van der Waals surface area (Å²) in [6, 6.07) is 82.3. The number of nitrogens with one attached hydrogen (secondary N) is 5. The number of nitrogens with two attached hydrogens (primary N) is 3. The van der Waals surface area contributed by atoms with Gasteiger partial charge in [0.1, 0.15) is 18.1 Å². The van der Waals surface area contributed by atoms with Crippen molar-refractivity contribution < 1.29 is 44.1 Å². The van der Waals surface area contributed by atoms with Crippen LogP contribution >= 0.6 is 0 Å². The van der Waals surface area contributed by atoms with Crippen molar-refractivity contribution in [2.45, 2.75) is 164 Å². The number of aryl methyl sites for hydroxylation is 2. The van der Waals surface area contributed by atoms with E-state index in [1.807, 2.05) is 122 Å². The molecule has 0 spiro atoms. The van der Waals surface area contributed by atoms with Crippen molar-refractivity contribution >= 4 is 35.6 Å². The second-order valence-electron chi connectivity index (χ2n) is 26.5. The molecule has 552 valence electrons. The van der Waals surface area contributed by atoms with E-state index in [1.165, 1.54) is 11.1 Å². The molecule has 0 aliphatic heterocycles. The summed E-state index contributed by atoms with van der Waals surface area (Å²) >= 11 is 0. The van der Waals surface area contributed by atoms with Crippen molar-refractivity contribution in [1.29, 1.82) is 0 Å². The highest BCUT2D eigenvalue weighted by Crippen LogP contribution is 2.39. The first kappa shape index (κ1) is 81.9. The lowest BCUT2D eigenvalue weighted by molar-refractivity contribution is -0.142. The maximum atomic E-state index is 12.7. The van der Waals surface area contributed by atoms with E-state index in [2.05, 4.69) is 186 Å². The van der Waals surface area contributed by atoms with E-state index < -0.39 is 83.0 Å². The lowest BCUT2D eigenvalue weighted by Gasteiger charge is -2.37. The summed E-state index contributed by atoms with van der Waals surface area (Å²) in [6.45, 7) is 7.64. The standard InChI is InChI=1S/2C36H41N3O3.C16H24N2O3/c2*1-2-27-21-23-31(24-22-27)36(29-16-8-4-9-17-29,30-18-10-5-11-19-30)38-25-13-12-20-33(35(41)42)39-34(40)32(37)26-28-14-6-3-7-15-28;1-2-3-5-10-14(16(20)21)18-15(19)13(17)11-12-8-6-4-7-9-12/h2*3-11,14-19,21-24,32-33,38H,2,12-13,20,25-26,37H2,1H3,(H,39,40)(H,41,42);4,6-9,13-14H,2-3,5,10-11,17H2,1H3,(H,18,19)(H,20,21)/t2*32-,33-;13-,14-/m000/s1. The lowest BCUT2D eigenvalue weighted by atomic mass is 9.76. The van der Waals surface area contributed by atoms with Gasteiger partial charge in [-0.2, -0.15) is 0 Å². The van der Waals surface area contributed by atoms with Crippen LogP contribution in [0.25, 0.3) is 0 Å². The minimum Gasteiger partial charge on any atom is -0.480 e. The van der Waals surface area contributed by atoms with E-state index in [0.717, 1.165) is 95.0 Å². The van der Waals surface area contributed by atoms with Gasteiger partial charge in [0.25, 0.3) is 0 Å². The summed E-state index contributed by atoms with van der Waals surface area (Å²) in [6.07, 6.45) is 9.53. The third kappa shape index (κ3) is 25.2. The molecule has 9 rings (SSSR count). The summed E-state index contributed by atoms with van der Waals surface area (Å²) in [5.41, 5.74) is 29.0. The van der Waals surface area contributed by atoms with Gasteiger partial charge in [0.15, 0.2) is 0 Å². The number of carboxylic acids is 3. The van der Waals surface area contributed by atoms with Crippen LogP contribution in [0.4, 0.5) is 0 Å². The Hall–Kier alpha value is -10.4. The zero-order valence-corrected chi connectivity index (χ0v) is 60.8. The molecule has 17 heteroatoms. The zero-order valence-electron chi connectivity index (χ0n) is 60.8. The molecule has 0 heterocycles. The van der Waals surface area contributed by atoms with Crippen LogP contribution in [0.15, 0.2) is 261 Å². The van der Waals surface area contributed by atoms with E-state index in [-0.39, 0.29) is 0 Å². The maximum Gasteiger partial charge on any atom is 0.326 e. The highest BCUT2D eigenvalue weighted by molar-refractivity contribution is 5.88. The Morgan fingerprint density at radius 1 is 0.305 bits per heavy atom. The molecule has 105 heavy (non-hydrogen) atoms. The second-order valence-corrected chi connectivity index (χ2v) is 26.5. The molecule has 0 saturated carbocycles. The fourth-order valence-electron chi connectivity index (χ4n) is 12.9. The molecule has 0 aliphatic carbocycles. The van der Waals surface area contributed by atoms with Gasteiger partial charge >= 0.3 is 17.9 Å². The van der Waals surface area contributed by atoms with Gasteiger partial charge in [0.2, 0.25) is 17.7 Å². The Balaban J connectivity index is 0.000000233. The van der Waals surface area contributed by atoms with Gasteiger partial charge in [-0.3, -0.25) is 25.0 Å². The van der Waals surface area contributed by atoms with Crippen molar-refractivity contribution in [2.75, 3.05) is 13.1 Å². The molecular formula is C88H106N8O9. The molecule has 17 nitrogen and oxygen atoms in total. The predicted molar refractivity (Wildman–Crippen MR) is 418 cm³/mol. The normalized spacial score (nSPS) is 12.9. The van der Waals surface area contributed by atoms with Crippen molar-refractivity contribution in [1.82, 2.24) is 26.6 Å². The first-order valence-electron chi connectivity index (χ1n) is 36.8. The van der Waals surface area contributed by atoms with Crippen LogP contribution in [0.2, 0.25) is 0 Å². The summed E-state index contributed by atoms with van der Waals surface area (Å²) < 4.78 is 0. The largest absolute Gasteiger partial charge is 0.480 e. The van der Waals surface area contributed by atoms with Gasteiger partial charge in [-0.1, -0.05) is 301 Å². The average Bonchev–Trinajstić information content (AvgIpc) is 0.763. The molecule has 0 aliphatic rings. The minimum absolute atomic E-state index is 0.315. The maximum absolute atomic E-state index is 12.7. The van der Waals surface area contributed by atoms with Crippen LogP contribution in [-0.4, -0.2) is 100 Å². The number of aliphatic carboxylic acids is 3. The van der Waals surface area contributed by atoms with Crippen LogP contribution in [-0.2, 0) is 71.9 Å². The number of carbonyl (C=O) groups excluding carboxylic acids is 3. The first-order valence-corrected chi connectivity index (χ1v) is 36.8. The quantitative estimate of drug-likeness (QED) is 0.0126. The molecule has 0 fully saturated rings. The number of hydrogen-bond donors (Lipinski definition) is 11. The number of rotatable bonds is 39. The molecule has 0 saturated heterocycles. The van der Waals surface area contributed by atoms with Gasteiger partial charge in [-0.15, -0.1) is 0 Å². The van der Waals surface area contributed by atoms with Crippen molar-refractivity contribution in [3.63, 3.8) is 0 Å². The smallest absolute Gasteiger partial charge is 0.326 e. The molecule has 0 bridgehead atoms. The summed E-state index contributed by atoms with van der Waals surface area (Å²) in [5, 5.41) is 44.3. The van der Waals surface area contributed by atoms with E-state index in [9.17, 15) is 39.0 Å². The van der Waals surface area contributed by atoms with Crippen LogP contribution in [0.3, 0.4) is 0 Å². The molecule has 0 radical (unpaired) electrons. The van der Waals surface area contributed by atoms with E-state index in [0.29, 0.717) is 64.5 Å². The van der Waals surface area contributed by atoms with E-state index in [4.69, 9.17) is 22.3 Å². The Bertz CT molecular complexity index is 3710. The van der Waals surface area contributed by atoms with Crippen LogP contribution in [0.5, 0.6) is 0 Å². The van der Waals surface area contributed by atoms with Crippen molar-refractivity contribution in [3.05, 3.63) is 322 Å². The van der Waals surface area contributed by atoms with Gasteiger partial charge in [0.05, 0.1) is 29.2 Å². The average molecular weight is 1420 g/mol. The number of benzene rings is 9. The predicted octanol–water partition coefficient (Wildman–Crippen LogP) is 12.6. The summed E-state index contributed by atoms with van der Waals surface area (Å²) in [5.74, 6) is -4.43.